The smallest absolute Gasteiger partial charge is 0.302 e. The van der Waals surface area contributed by atoms with E-state index in [4.69, 9.17) is 23.7 Å². The van der Waals surface area contributed by atoms with E-state index in [-0.39, 0.29) is 58.5 Å². The summed E-state index contributed by atoms with van der Waals surface area (Å²) in [5.74, 6) is -0.0730. The molecule has 0 unspecified atom stereocenters. The maximum atomic E-state index is 12.1. The molecule has 0 aromatic rings. The zero-order chi connectivity index (χ0) is 43.4. The number of aliphatic hydroxyl groups is 8. The predicted octanol–water partition coefficient (Wildman–Crippen LogP) is 2.58. The Morgan fingerprint density at radius 1 is 0.780 bits per heavy atom. The number of aliphatic hydroxyl groups excluding tert-OH is 8. The van der Waals surface area contributed by atoms with Crippen LogP contribution in [-0.4, -0.2) is 140 Å². The number of hydrogen-bond donors (Lipinski definition) is 8. The van der Waals surface area contributed by atoms with Gasteiger partial charge in [-0.3, -0.25) is 4.79 Å². The monoisotopic (exact) mass is 839 g/mol. The van der Waals surface area contributed by atoms with Crippen molar-refractivity contribution in [3.63, 3.8) is 0 Å². The number of ether oxygens (including phenoxy) is 5. The number of hydrogen-bond acceptors (Lipinski definition) is 14. The third-order valence-corrected chi connectivity index (χ3v) is 18.0. The third kappa shape index (κ3) is 7.01. The Bertz CT molecular complexity index is 1590. The van der Waals surface area contributed by atoms with Crippen molar-refractivity contribution in [1.29, 1.82) is 0 Å². The van der Waals surface area contributed by atoms with E-state index in [1.165, 1.54) is 12.5 Å². The van der Waals surface area contributed by atoms with Crippen LogP contribution in [0.5, 0.6) is 0 Å². The number of carbonyl (C=O) groups is 1. The van der Waals surface area contributed by atoms with Gasteiger partial charge in [-0.05, 0) is 104 Å². The summed E-state index contributed by atoms with van der Waals surface area (Å²) < 4.78 is 29.4. The second-order valence-electron chi connectivity index (χ2n) is 21.8. The van der Waals surface area contributed by atoms with Crippen molar-refractivity contribution in [2.45, 2.75) is 187 Å². The molecule has 7 aliphatic rings. The molecule has 5 aliphatic carbocycles. The van der Waals surface area contributed by atoms with Crippen LogP contribution < -0.4 is 0 Å². The molecule has 0 aromatic carbocycles. The lowest BCUT2D eigenvalue weighted by Crippen LogP contribution is -2.69. The lowest BCUT2D eigenvalue weighted by Gasteiger charge is -2.73. The average Bonchev–Trinajstić information content (AvgIpc) is 3.16. The predicted molar refractivity (Wildman–Crippen MR) is 213 cm³/mol. The van der Waals surface area contributed by atoms with Crippen LogP contribution in [0.2, 0.25) is 0 Å². The Morgan fingerprint density at radius 3 is 2.10 bits per heavy atom. The van der Waals surface area contributed by atoms with Crippen LogP contribution >= 0.6 is 0 Å². The van der Waals surface area contributed by atoms with Gasteiger partial charge in [-0.15, -0.1) is 0 Å². The van der Waals surface area contributed by atoms with Gasteiger partial charge < -0.3 is 64.5 Å². The fourth-order valence-electron chi connectivity index (χ4n) is 14.5. The van der Waals surface area contributed by atoms with Crippen molar-refractivity contribution in [2.24, 2.45) is 56.2 Å². The van der Waals surface area contributed by atoms with E-state index in [2.05, 4.69) is 54.5 Å². The van der Waals surface area contributed by atoms with Gasteiger partial charge in [0.15, 0.2) is 12.6 Å². The molecular weight excluding hydrogens is 764 g/mol. The fraction of sp³-hybridized carbons (Fsp3) is 0.933. The fourth-order valence-corrected chi connectivity index (χ4v) is 14.5. The standard InChI is InChI=1S/C45H74O14/c1-22-16-25-26-17-40(4,5)14-15-45(26,21-47)29(49)18-44(25,9)43(8)13-10-28-41(6,37(22)43)12-11-30(42(28,7)20-46)58-39-35(54)36(31(50)23(2)56-39)59-38-34(53)33(52)32(51)27(57-38)19-55-24(3)48/h16,22-23,26-39,46-47,49-54H,10-15,17-21H2,1-9H3/t22-,23-,26+,27-,28+,29-,30+,31+,32-,33+,34-,35-,36+,37-,38+,39+,41+,42+,43-,44-,45-/m1/s1. The van der Waals surface area contributed by atoms with Gasteiger partial charge in [0.05, 0.1) is 31.5 Å². The highest BCUT2D eigenvalue weighted by molar-refractivity contribution is 5.65. The molecule has 14 nitrogen and oxygen atoms in total. The minimum atomic E-state index is -1.76. The molecule has 2 heterocycles. The first kappa shape index (κ1) is 45.7. The minimum Gasteiger partial charge on any atom is -0.463 e. The molecular formula is C45H74O14. The van der Waals surface area contributed by atoms with Gasteiger partial charge in [0, 0.05) is 17.8 Å². The summed E-state index contributed by atoms with van der Waals surface area (Å²) in [6.45, 7) is 18.4. The quantitative estimate of drug-likeness (QED) is 0.100. The summed E-state index contributed by atoms with van der Waals surface area (Å²) in [7, 11) is 0. The highest BCUT2D eigenvalue weighted by Crippen LogP contribution is 2.76. The zero-order valence-corrected chi connectivity index (χ0v) is 36.6. The molecule has 8 N–H and O–H groups in total. The van der Waals surface area contributed by atoms with Crippen LogP contribution in [0.3, 0.4) is 0 Å². The van der Waals surface area contributed by atoms with Crippen molar-refractivity contribution in [3.05, 3.63) is 11.6 Å². The molecule has 0 aromatic heterocycles. The van der Waals surface area contributed by atoms with Gasteiger partial charge in [-0.2, -0.15) is 0 Å². The van der Waals surface area contributed by atoms with E-state index in [1.807, 2.05) is 0 Å². The van der Waals surface area contributed by atoms with Crippen LogP contribution in [0, 0.1) is 56.2 Å². The molecule has 0 spiro atoms. The van der Waals surface area contributed by atoms with Crippen LogP contribution in [0.4, 0.5) is 0 Å². The van der Waals surface area contributed by atoms with Crippen molar-refractivity contribution in [1.82, 2.24) is 0 Å². The van der Waals surface area contributed by atoms with E-state index >= 15 is 0 Å². The summed E-state index contributed by atoms with van der Waals surface area (Å²) in [4.78, 5) is 11.4. The first-order chi connectivity index (χ1) is 27.4. The number of rotatable bonds is 8. The molecule has 0 amide bonds. The summed E-state index contributed by atoms with van der Waals surface area (Å²) in [6.07, 6.45) is -6.83. The van der Waals surface area contributed by atoms with E-state index in [0.29, 0.717) is 12.8 Å². The van der Waals surface area contributed by atoms with Crippen LogP contribution in [0.25, 0.3) is 0 Å². The van der Waals surface area contributed by atoms with Crippen molar-refractivity contribution >= 4 is 5.97 Å². The van der Waals surface area contributed by atoms with Crippen LogP contribution in [0.1, 0.15) is 114 Å². The van der Waals surface area contributed by atoms with Crippen molar-refractivity contribution in [3.8, 4) is 0 Å². The number of fused-ring (bicyclic) bond motifs is 7. The number of allylic oxidation sites excluding steroid dienone is 2. The molecule has 4 saturated carbocycles. The molecule has 338 valence electrons. The summed E-state index contributed by atoms with van der Waals surface area (Å²) in [5.41, 5.74) is -0.419. The molecule has 2 saturated heterocycles. The summed E-state index contributed by atoms with van der Waals surface area (Å²) in [6, 6.07) is 0. The van der Waals surface area contributed by atoms with Gasteiger partial charge in [0.25, 0.3) is 0 Å². The SMILES string of the molecule is CC(=O)OC[C@H]1O[C@@H](O[C@H]2[C@@H](O)[C@@H](C)O[C@@H](O[C@H]3CC[C@@]4(C)[C@H](CC[C@]5(C)[C@@H]4[C@H](C)C=C4[C@@H]6CC(C)(C)CC[C@]6(CO)[C@H](O)C[C@]45C)[C@]3(C)CO)[C@@H]2O)[C@H](O)[C@@H](O)[C@@H]1O. The first-order valence-electron chi connectivity index (χ1n) is 22.2. The third-order valence-electron chi connectivity index (χ3n) is 18.0. The largest absolute Gasteiger partial charge is 0.463 e. The number of carbonyl (C=O) groups excluding carboxylic acids is 1. The molecule has 0 bridgehead atoms. The Labute approximate surface area is 349 Å². The Kier molecular flexibility index (Phi) is 12.2. The maximum Gasteiger partial charge on any atom is 0.302 e. The molecule has 59 heavy (non-hydrogen) atoms. The van der Waals surface area contributed by atoms with Crippen LogP contribution in [-0.2, 0) is 28.5 Å². The molecule has 6 fully saturated rings. The summed E-state index contributed by atoms with van der Waals surface area (Å²) >= 11 is 0. The second kappa shape index (κ2) is 15.8. The molecule has 7 rings (SSSR count). The van der Waals surface area contributed by atoms with Gasteiger partial charge in [-0.1, -0.05) is 60.1 Å². The van der Waals surface area contributed by atoms with Crippen molar-refractivity contribution in [2.75, 3.05) is 19.8 Å². The highest BCUT2D eigenvalue weighted by Gasteiger charge is 2.71. The van der Waals surface area contributed by atoms with Gasteiger partial charge in [0.2, 0.25) is 0 Å². The van der Waals surface area contributed by atoms with Crippen molar-refractivity contribution < 1.29 is 69.3 Å². The Morgan fingerprint density at radius 2 is 1.46 bits per heavy atom. The highest BCUT2D eigenvalue weighted by atomic mass is 16.7. The Hall–Kier alpha value is -1.27. The van der Waals surface area contributed by atoms with E-state index in [0.717, 1.165) is 38.5 Å². The van der Waals surface area contributed by atoms with E-state index in [1.54, 1.807) is 6.92 Å². The van der Waals surface area contributed by atoms with E-state index < -0.39 is 97.0 Å². The van der Waals surface area contributed by atoms with Gasteiger partial charge in [0.1, 0.15) is 49.3 Å². The normalized spacial score (nSPS) is 54.5. The molecule has 0 radical (unpaired) electrons. The average molecular weight is 839 g/mol. The Balaban J connectivity index is 1.13. The molecule has 21 atom stereocenters. The topological polar surface area (TPSA) is 225 Å². The second-order valence-corrected chi connectivity index (χ2v) is 21.8. The van der Waals surface area contributed by atoms with E-state index in [9.17, 15) is 45.6 Å². The lowest BCUT2D eigenvalue weighted by molar-refractivity contribution is -0.368. The molecule has 14 heteroatoms. The number of esters is 1. The maximum absolute atomic E-state index is 12.1. The minimum absolute atomic E-state index is 0.0153. The first-order valence-corrected chi connectivity index (χ1v) is 22.2. The van der Waals surface area contributed by atoms with Gasteiger partial charge in [-0.25, -0.2) is 0 Å². The lowest BCUT2D eigenvalue weighted by atomic mass is 9.32. The van der Waals surface area contributed by atoms with Crippen LogP contribution in [0.15, 0.2) is 11.6 Å². The molecule has 2 aliphatic heterocycles. The summed E-state index contributed by atoms with van der Waals surface area (Å²) in [5, 5.41) is 89.2. The van der Waals surface area contributed by atoms with Gasteiger partial charge >= 0.3 is 5.97 Å². The zero-order valence-electron chi connectivity index (χ0n) is 36.6.